The summed E-state index contributed by atoms with van der Waals surface area (Å²) in [6.07, 6.45) is 0. The van der Waals surface area contributed by atoms with Crippen LogP contribution in [0.4, 0.5) is 0 Å². The van der Waals surface area contributed by atoms with E-state index in [1.54, 1.807) is 42.5 Å². The molecular formula is C16H12ClNO3S. The Bertz CT molecular complexity index is 1020. The lowest BCUT2D eigenvalue weighted by atomic mass is 10.2. The van der Waals surface area contributed by atoms with Crippen LogP contribution in [0.3, 0.4) is 0 Å². The summed E-state index contributed by atoms with van der Waals surface area (Å²) in [4.78, 5) is 12.2. The summed E-state index contributed by atoms with van der Waals surface area (Å²) in [5, 5.41) is 0.489. The molecule has 0 saturated heterocycles. The van der Waals surface area contributed by atoms with Gasteiger partial charge in [-0.25, -0.2) is 8.42 Å². The Morgan fingerprint density at radius 3 is 2.23 bits per heavy atom. The summed E-state index contributed by atoms with van der Waals surface area (Å²) in [5.74, 6) is 0. The van der Waals surface area contributed by atoms with Crippen LogP contribution in [0.15, 0.2) is 69.2 Å². The molecule has 0 unspecified atom stereocenters. The first-order valence-corrected chi connectivity index (χ1v) is 8.38. The molecule has 0 atom stereocenters. The van der Waals surface area contributed by atoms with Crippen LogP contribution >= 0.6 is 11.6 Å². The van der Waals surface area contributed by atoms with Crippen molar-refractivity contribution in [3.05, 3.63) is 70.0 Å². The fourth-order valence-corrected chi connectivity index (χ4v) is 4.39. The predicted octanol–water partition coefficient (Wildman–Crippen LogP) is 3.02. The van der Waals surface area contributed by atoms with E-state index < -0.39 is 15.4 Å². The minimum Gasteiger partial charge on any atom is -0.310 e. The number of hydrogen-bond acceptors (Lipinski definition) is 3. The second kappa shape index (κ2) is 5.26. The zero-order chi connectivity index (χ0) is 15.9. The molecule has 0 bridgehead atoms. The van der Waals surface area contributed by atoms with Crippen molar-refractivity contribution in [1.29, 1.82) is 0 Å². The Morgan fingerprint density at radius 1 is 0.955 bits per heavy atom. The normalized spacial score (nSPS) is 11.7. The summed E-state index contributed by atoms with van der Waals surface area (Å²) in [6, 6.07) is 14.7. The zero-order valence-electron chi connectivity index (χ0n) is 11.7. The number of fused-ring (bicyclic) bond motifs is 1. The highest BCUT2D eigenvalue weighted by Crippen LogP contribution is 2.30. The van der Waals surface area contributed by atoms with Gasteiger partial charge < -0.3 is 4.57 Å². The van der Waals surface area contributed by atoms with E-state index in [0.717, 1.165) is 0 Å². The van der Waals surface area contributed by atoms with Crippen molar-refractivity contribution in [2.45, 2.75) is 9.79 Å². The Kier molecular flexibility index (Phi) is 3.54. The van der Waals surface area contributed by atoms with E-state index in [4.69, 9.17) is 11.6 Å². The number of aryl methyl sites for hydroxylation is 1. The van der Waals surface area contributed by atoms with E-state index in [1.165, 1.54) is 23.7 Å². The number of pyridine rings is 1. The van der Waals surface area contributed by atoms with Crippen LogP contribution < -0.4 is 5.56 Å². The molecule has 0 amide bonds. The Morgan fingerprint density at radius 2 is 1.55 bits per heavy atom. The van der Waals surface area contributed by atoms with Crippen molar-refractivity contribution in [2.24, 2.45) is 7.05 Å². The average Bonchev–Trinajstić information content (AvgIpc) is 2.53. The molecule has 2 aromatic carbocycles. The maximum atomic E-state index is 12.8. The SMILES string of the molecule is Cn1c(=O)c(S(=O)(=O)c2ccccc2)c(Cl)c2ccccc21. The third-order valence-electron chi connectivity index (χ3n) is 3.52. The largest absolute Gasteiger partial charge is 0.310 e. The highest BCUT2D eigenvalue weighted by Gasteiger charge is 2.27. The van der Waals surface area contributed by atoms with Crippen LogP contribution in [0.2, 0.25) is 5.02 Å². The molecule has 4 nitrogen and oxygen atoms in total. The van der Waals surface area contributed by atoms with Crippen LogP contribution in [0.5, 0.6) is 0 Å². The molecule has 0 aliphatic rings. The van der Waals surface area contributed by atoms with Crippen molar-refractivity contribution in [3.63, 3.8) is 0 Å². The molecule has 6 heteroatoms. The lowest BCUT2D eigenvalue weighted by Gasteiger charge is -2.12. The van der Waals surface area contributed by atoms with E-state index >= 15 is 0 Å². The Hall–Kier alpha value is -2.11. The van der Waals surface area contributed by atoms with Gasteiger partial charge in [0.1, 0.15) is 0 Å². The minimum absolute atomic E-state index is 0.0393. The van der Waals surface area contributed by atoms with Gasteiger partial charge in [0.25, 0.3) is 5.56 Å². The molecule has 0 radical (unpaired) electrons. The molecule has 0 fully saturated rings. The predicted molar refractivity (Wildman–Crippen MR) is 86.1 cm³/mol. The zero-order valence-corrected chi connectivity index (χ0v) is 13.2. The van der Waals surface area contributed by atoms with Gasteiger partial charge in [0, 0.05) is 12.4 Å². The molecule has 1 aromatic heterocycles. The third kappa shape index (κ3) is 2.14. The van der Waals surface area contributed by atoms with Gasteiger partial charge in [-0.3, -0.25) is 4.79 Å². The maximum Gasteiger partial charge on any atom is 0.271 e. The number of rotatable bonds is 2. The van der Waals surface area contributed by atoms with Gasteiger partial charge in [-0.1, -0.05) is 48.0 Å². The third-order valence-corrected chi connectivity index (χ3v) is 5.84. The lowest BCUT2D eigenvalue weighted by Crippen LogP contribution is -2.25. The average molecular weight is 334 g/mol. The van der Waals surface area contributed by atoms with E-state index in [2.05, 4.69) is 0 Å². The smallest absolute Gasteiger partial charge is 0.271 e. The first-order valence-electron chi connectivity index (χ1n) is 6.52. The van der Waals surface area contributed by atoms with E-state index in [1.807, 2.05) is 0 Å². The summed E-state index contributed by atoms with van der Waals surface area (Å²) in [6.45, 7) is 0. The molecule has 0 N–H and O–H groups in total. The van der Waals surface area contributed by atoms with Crippen LogP contribution in [-0.2, 0) is 16.9 Å². The number of sulfone groups is 1. The number of benzene rings is 2. The summed E-state index contributed by atoms with van der Waals surface area (Å²) < 4.78 is 26.8. The molecule has 3 aromatic rings. The molecule has 0 spiro atoms. The van der Waals surface area contributed by atoms with Crippen molar-refractivity contribution < 1.29 is 8.42 Å². The maximum absolute atomic E-state index is 12.8. The van der Waals surface area contributed by atoms with Gasteiger partial charge in [-0.2, -0.15) is 0 Å². The molecule has 0 saturated carbocycles. The fourth-order valence-electron chi connectivity index (χ4n) is 2.38. The van der Waals surface area contributed by atoms with Crippen molar-refractivity contribution >= 4 is 32.3 Å². The summed E-state index contributed by atoms with van der Waals surface area (Å²) in [5.41, 5.74) is -0.0444. The molecule has 22 heavy (non-hydrogen) atoms. The molecular weight excluding hydrogens is 322 g/mol. The van der Waals surface area contributed by atoms with Gasteiger partial charge in [0.2, 0.25) is 9.84 Å². The molecule has 0 aliphatic heterocycles. The number of aromatic nitrogens is 1. The second-order valence-electron chi connectivity index (χ2n) is 4.84. The van der Waals surface area contributed by atoms with Gasteiger partial charge >= 0.3 is 0 Å². The Balaban J connectivity index is 2.45. The van der Waals surface area contributed by atoms with Gasteiger partial charge in [0.15, 0.2) is 4.90 Å². The van der Waals surface area contributed by atoms with Gasteiger partial charge in [0.05, 0.1) is 15.4 Å². The minimum atomic E-state index is -3.98. The number of halogens is 1. The molecule has 1 heterocycles. The highest BCUT2D eigenvalue weighted by molar-refractivity contribution is 7.91. The van der Waals surface area contributed by atoms with E-state index in [9.17, 15) is 13.2 Å². The van der Waals surface area contributed by atoms with Crippen molar-refractivity contribution in [1.82, 2.24) is 4.57 Å². The lowest BCUT2D eigenvalue weighted by molar-refractivity contribution is 0.594. The monoisotopic (exact) mass is 333 g/mol. The summed E-state index contributed by atoms with van der Waals surface area (Å²) >= 11 is 6.26. The second-order valence-corrected chi connectivity index (χ2v) is 7.11. The number of nitrogens with zero attached hydrogens (tertiary/aromatic N) is 1. The topological polar surface area (TPSA) is 56.1 Å². The van der Waals surface area contributed by atoms with Gasteiger partial charge in [-0.15, -0.1) is 0 Å². The quantitative estimate of drug-likeness (QED) is 0.724. The molecule has 3 rings (SSSR count). The summed E-state index contributed by atoms with van der Waals surface area (Å²) in [7, 11) is -2.45. The first-order chi connectivity index (χ1) is 10.4. The van der Waals surface area contributed by atoms with Crippen LogP contribution in [0, 0.1) is 0 Å². The fraction of sp³-hybridized carbons (Fsp3) is 0.0625. The number of hydrogen-bond donors (Lipinski definition) is 0. The molecule has 112 valence electrons. The van der Waals surface area contributed by atoms with Gasteiger partial charge in [-0.05, 0) is 18.2 Å². The van der Waals surface area contributed by atoms with Crippen LogP contribution in [0.25, 0.3) is 10.9 Å². The van der Waals surface area contributed by atoms with Crippen molar-refractivity contribution in [2.75, 3.05) is 0 Å². The molecule has 0 aliphatic carbocycles. The van der Waals surface area contributed by atoms with Crippen LogP contribution in [-0.4, -0.2) is 13.0 Å². The number of para-hydroxylation sites is 1. The van der Waals surface area contributed by atoms with Crippen LogP contribution in [0.1, 0.15) is 0 Å². The highest BCUT2D eigenvalue weighted by atomic mass is 35.5. The van der Waals surface area contributed by atoms with E-state index in [0.29, 0.717) is 10.9 Å². The van der Waals surface area contributed by atoms with Crippen molar-refractivity contribution in [3.8, 4) is 0 Å². The first kappa shape index (κ1) is 14.8. The van der Waals surface area contributed by atoms with E-state index in [-0.39, 0.29) is 14.8 Å². The standard InChI is InChI=1S/C16H12ClNO3S/c1-18-13-10-6-5-9-12(13)14(17)15(16(18)19)22(20,21)11-7-3-2-4-8-11/h2-10H,1H3. The Labute approximate surface area is 132 Å².